The monoisotopic (exact) mass is 343 g/mol. The average molecular weight is 344 g/mol. The van der Waals surface area contributed by atoms with Crippen molar-refractivity contribution in [2.45, 2.75) is 6.04 Å². The number of hydrogen-bond donors (Lipinski definition) is 1. The standard InChI is InChI=1S/C16H11Cl2N5/c17-11-7-5-10(6-8-11)14-9-15(12-3-1-2-4-13(12)18)23-16(19-14)20-21-22-23/h1-9,15H,(H,19,20,22). The number of tetrazole rings is 1. The third-order valence-corrected chi connectivity index (χ3v) is 4.30. The normalized spacial score (nSPS) is 16.4. The minimum atomic E-state index is -0.180. The first kappa shape index (κ1) is 14.2. The van der Waals surface area contributed by atoms with E-state index in [1.807, 2.05) is 54.6 Å². The molecule has 1 aliphatic rings. The van der Waals surface area contributed by atoms with Gasteiger partial charge in [0, 0.05) is 15.7 Å². The van der Waals surface area contributed by atoms with E-state index < -0.39 is 0 Å². The van der Waals surface area contributed by atoms with E-state index in [-0.39, 0.29) is 6.04 Å². The first-order chi connectivity index (χ1) is 11.2. The van der Waals surface area contributed by atoms with Gasteiger partial charge < -0.3 is 5.32 Å². The number of benzene rings is 2. The number of nitrogens with one attached hydrogen (secondary N) is 1. The van der Waals surface area contributed by atoms with Gasteiger partial charge in [-0.25, -0.2) is 0 Å². The maximum absolute atomic E-state index is 6.36. The van der Waals surface area contributed by atoms with Gasteiger partial charge in [-0.3, -0.25) is 0 Å². The molecule has 114 valence electrons. The van der Waals surface area contributed by atoms with E-state index in [9.17, 15) is 0 Å². The second-order valence-electron chi connectivity index (χ2n) is 5.13. The fraction of sp³-hybridized carbons (Fsp3) is 0.0625. The Balaban J connectivity index is 1.83. The SMILES string of the molecule is Clc1ccc(C2=CC(c3ccccc3Cl)n3nnnc3N2)cc1. The Kier molecular flexibility index (Phi) is 3.52. The van der Waals surface area contributed by atoms with Crippen LogP contribution in [-0.4, -0.2) is 20.2 Å². The summed E-state index contributed by atoms with van der Waals surface area (Å²) in [5.41, 5.74) is 2.85. The molecule has 0 amide bonds. The minimum absolute atomic E-state index is 0.180. The molecule has 2 aromatic carbocycles. The summed E-state index contributed by atoms with van der Waals surface area (Å²) in [6.07, 6.45) is 2.05. The first-order valence-corrected chi connectivity index (χ1v) is 7.75. The van der Waals surface area contributed by atoms with Crippen molar-refractivity contribution in [3.8, 4) is 0 Å². The van der Waals surface area contributed by atoms with Gasteiger partial charge in [0.25, 0.3) is 0 Å². The van der Waals surface area contributed by atoms with Crippen LogP contribution in [0.3, 0.4) is 0 Å². The number of anilines is 1. The van der Waals surface area contributed by atoms with Gasteiger partial charge in [0.1, 0.15) is 6.04 Å². The number of rotatable bonds is 2. The van der Waals surface area contributed by atoms with E-state index in [1.165, 1.54) is 0 Å². The molecule has 0 bridgehead atoms. The predicted octanol–water partition coefficient (Wildman–Crippen LogP) is 4.04. The summed E-state index contributed by atoms with van der Waals surface area (Å²) in [5, 5.41) is 16.5. The number of allylic oxidation sites excluding steroid dienone is 1. The molecule has 0 aliphatic carbocycles. The van der Waals surface area contributed by atoms with Crippen LogP contribution in [-0.2, 0) is 0 Å². The van der Waals surface area contributed by atoms with Gasteiger partial charge in [0.2, 0.25) is 5.95 Å². The van der Waals surface area contributed by atoms with Crippen molar-refractivity contribution in [3.63, 3.8) is 0 Å². The van der Waals surface area contributed by atoms with Gasteiger partial charge in [0.05, 0.1) is 0 Å². The zero-order valence-corrected chi connectivity index (χ0v) is 13.3. The van der Waals surface area contributed by atoms with E-state index >= 15 is 0 Å². The van der Waals surface area contributed by atoms with E-state index in [0.29, 0.717) is 16.0 Å². The molecule has 23 heavy (non-hydrogen) atoms. The highest BCUT2D eigenvalue weighted by molar-refractivity contribution is 6.31. The molecular weight excluding hydrogens is 333 g/mol. The highest BCUT2D eigenvalue weighted by atomic mass is 35.5. The van der Waals surface area contributed by atoms with E-state index in [2.05, 4.69) is 20.8 Å². The molecule has 1 aromatic heterocycles. The molecular formula is C16H11Cl2N5. The minimum Gasteiger partial charge on any atom is -0.323 e. The van der Waals surface area contributed by atoms with E-state index in [0.717, 1.165) is 16.8 Å². The summed E-state index contributed by atoms with van der Waals surface area (Å²) in [7, 11) is 0. The van der Waals surface area contributed by atoms with Crippen molar-refractivity contribution >= 4 is 34.8 Å². The topological polar surface area (TPSA) is 55.6 Å². The Morgan fingerprint density at radius 2 is 1.78 bits per heavy atom. The van der Waals surface area contributed by atoms with Crippen molar-refractivity contribution < 1.29 is 0 Å². The van der Waals surface area contributed by atoms with Gasteiger partial charge in [-0.05, 0) is 45.8 Å². The number of aromatic nitrogens is 4. The Bertz CT molecular complexity index is 885. The van der Waals surface area contributed by atoms with Crippen LogP contribution in [0.15, 0.2) is 54.6 Å². The van der Waals surface area contributed by atoms with Crippen molar-refractivity contribution in [1.29, 1.82) is 0 Å². The highest BCUT2D eigenvalue weighted by Crippen LogP contribution is 2.34. The lowest BCUT2D eigenvalue weighted by Crippen LogP contribution is -2.20. The summed E-state index contributed by atoms with van der Waals surface area (Å²) in [6.45, 7) is 0. The Morgan fingerprint density at radius 1 is 1.00 bits per heavy atom. The lowest BCUT2D eigenvalue weighted by Gasteiger charge is -2.24. The molecule has 1 N–H and O–H groups in total. The second-order valence-corrected chi connectivity index (χ2v) is 5.97. The lowest BCUT2D eigenvalue weighted by molar-refractivity contribution is 0.586. The van der Waals surface area contributed by atoms with E-state index in [1.54, 1.807) is 4.68 Å². The van der Waals surface area contributed by atoms with Crippen LogP contribution in [0.5, 0.6) is 0 Å². The van der Waals surface area contributed by atoms with Crippen molar-refractivity contribution in [3.05, 3.63) is 75.8 Å². The maximum atomic E-state index is 6.36. The van der Waals surface area contributed by atoms with Gasteiger partial charge in [0.15, 0.2) is 0 Å². The van der Waals surface area contributed by atoms with Crippen molar-refractivity contribution in [2.24, 2.45) is 0 Å². The Hall–Kier alpha value is -2.37. The van der Waals surface area contributed by atoms with Crippen LogP contribution in [0.4, 0.5) is 5.95 Å². The summed E-state index contributed by atoms with van der Waals surface area (Å²) < 4.78 is 1.71. The number of hydrogen-bond acceptors (Lipinski definition) is 4. The third kappa shape index (κ3) is 2.58. The van der Waals surface area contributed by atoms with Crippen molar-refractivity contribution in [2.75, 3.05) is 5.32 Å². The molecule has 0 saturated carbocycles. The quantitative estimate of drug-likeness (QED) is 0.762. The van der Waals surface area contributed by atoms with Crippen LogP contribution in [0.2, 0.25) is 10.0 Å². The van der Waals surface area contributed by atoms with E-state index in [4.69, 9.17) is 23.2 Å². The second kappa shape index (κ2) is 5.68. The molecule has 1 aliphatic heterocycles. The van der Waals surface area contributed by atoms with Crippen LogP contribution in [0.25, 0.3) is 5.70 Å². The molecule has 0 radical (unpaired) electrons. The molecule has 7 heteroatoms. The Morgan fingerprint density at radius 3 is 2.57 bits per heavy atom. The lowest BCUT2D eigenvalue weighted by atomic mass is 10.0. The predicted molar refractivity (Wildman–Crippen MR) is 90.5 cm³/mol. The van der Waals surface area contributed by atoms with Crippen LogP contribution in [0, 0.1) is 0 Å². The molecule has 4 rings (SSSR count). The van der Waals surface area contributed by atoms with Crippen LogP contribution < -0.4 is 5.32 Å². The molecule has 1 atom stereocenters. The number of fused-ring (bicyclic) bond motifs is 1. The zero-order valence-electron chi connectivity index (χ0n) is 11.8. The highest BCUT2D eigenvalue weighted by Gasteiger charge is 2.25. The maximum Gasteiger partial charge on any atom is 0.248 e. The van der Waals surface area contributed by atoms with Gasteiger partial charge in [-0.1, -0.05) is 58.6 Å². The fourth-order valence-electron chi connectivity index (χ4n) is 2.59. The van der Waals surface area contributed by atoms with Gasteiger partial charge in [-0.2, -0.15) is 4.68 Å². The summed E-state index contributed by atoms with van der Waals surface area (Å²) in [6, 6.07) is 15.1. The van der Waals surface area contributed by atoms with Crippen LogP contribution in [0.1, 0.15) is 17.2 Å². The third-order valence-electron chi connectivity index (χ3n) is 3.71. The van der Waals surface area contributed by atoms with Gasteiger partial charge in [-0.15, -0.1) is 0 Å². The summed E-state index contributed by atoms with van der Waals surface area (Å²) in [5.74, 6) is 0.572. The molecule has 3 aromatic rings. The first-order valence-electron chi connectivity index (χ1n) is 6.99. The molecule has 0 fully saturated rings. The smallest absolute Gasteiger partial charge is 0.248 e. The molecule has 0 spiro atoms. The van der Waals surface area contributed by atoms with Crippen LogP contribution >= 0.6 is 23.2 Å². The molecule has 5 nitrogen and oxygen atoms in total. The average Bonchev–Trinajstić information content (AvgIpc) is 3.04. The zero-order chi connectivity index (χ0) is 15.8. The largest absolute Gasteiger partial charge is 0.323 e. The number of halogens is 2. The fourth-order valence-corrected chi connectivity index (χ4v) is 2.96. The molecule has 2 heterocycles. The Labute approximate surface area is 142 Å². The summed E-state index contributed by atoms with van der Waals surface area (Å²) in [4.78, 5) is 0. The molecule has 0 saturated heterocycles. The van der Waals surface area contributed by atoms with Crippen molar-refractivity contribution in [1.82, 2.24) is 20.2 Å². The number of nitrogens with zero attached hydrogens (tertiary/aromatic N) is 4. The van der Waals surface area contributed by atoms with Gasteiger partial charge >= 0.3 is 0 Å². The summed E-state index contributed by atoms with van der Waals surface area (Å²) >= 11 is 12.3. The molecule has 1 unspecified atom stereocenters.